The molecule has 1 aromatic carbocycles. The zero-order valence-electron chi connectivity index (χ0n) is 13.7. The van der Waals surface area contributed by atoms with E-state index in [4.69, 9.17) is 14.1 Å². The van der Waals surface area contributed by atoms with E-state index < -0.39 is 11.6 Å². The van der Waals surface area contributed by atoms with Gasteiger partial charge in [-0.2, -0.15) is 0 Å². The number of furan rings is 1. The van der Waals surface area contributed by atoms with E-state index in [0.29, 0.717) is 5.56 Å². The van der Waals surface area contributed by atoms with Crippen LogP contribution in [0.5, 0.6) is 0 Å². The number of hydroxylamine groups is 4. The van der Waals surface area contributed by atoms with E-state index in [-0.39, 0.29) is 17.2 Å². The van der Waals surface area contributed by atoms with Gasteiger partial charge in [-0.25, -0.2) is 10.1 Å². The van der Waals surface area contributed by atoms with Crippen LogP contribution in [0.1, 0.15) is 16.1 Å². The first-order chi connectivity index (χ1) is 12.2. The van der Waals surface area contributed by atoms with Gasteiger partial charge in [-0.15, -0.1) is 0 Å². The predicted octanol–water partition coefficient (Wildman–Crippen LogP) is 2.61. The molecule has 2 heterocycles. The van der Waals surface area contributed by atoms with E-state index in [1.807, 2.05) is 6.07 Å². The van der Waals surface area contributed by atoms with Gasteiger partial charge in [0, 0.05) is 0 Å². The zero-order chi connectivity index (χ0) is 17.8. The summed E-state index contributed by atoms with van der Waals surface area (Å²) >= 11 is 0. The van der Waals surface area contributed by atoms with Crippen molar-refractivity contribution in [3.63, 3.8) is 0 Å². The van der Waals surface area contributed by atoms with Gasteiger partial charge in [0.25, 0.3) is 5.78 Å². The van der Waals surface area contributed by atoms with Gasteiger partial charge in [-0.05, 0) is 17.7 Å². The highest BCUT2D eigenvalue weighted by molar-refractivity contribution is 6.57. The first kappa shape index (κ1) is 16.7. The van der Waals surface area contributed by atoms with Gasteiger partial charge in [0.1, 0.15) is 0 Å². The highest BCUT2D eigenvalue weighted by Gasteiger charge is 2.33. The monoisotopic (exact) mass is 340 g/mol. The minimum Gasteiger partial charge on any atom is -0.461 e. The number of carbonyl (C=O) groups is 2. The molecule has 25 heavy (non-hydrogen) atoms. The van der Waals surface area contributed by atoms with E-state index in [1.54, 1.807) is 42.7 Å². The number of hydrogen-bond acceptors (Lipinski definition) is 7. The lowest BCUT2D eigenvalue weighted by molar-refractivity contribution is -0.125. The lowest BCUT2D eigenvalue weighted by atomic mass is 9.98. The highest BCUT2D eigenvalue weighted by Crippen LogP contribution is 2.30. The molecule has 2 aromatic rings. The SMILES string of the molecule is CON1C=CN(OC)C1=C(C(=O)C(=O)c1ccco1)c1ccccc1. The Kier molecular flexibility index (Phi) is 4.78. The van der Waals surface area contributed by atoms with Crippen LogP contribution in [0.3, 0.4) is 0 Å². The summed E-state index contributed by atoms with van der Waals surface area (Å²) in [7, 11) is 2.90. The molecule has 0 saturated heterocycles. The van der Waals surface area contributed by atoms with Crippen molar-refractivity contribution in [2.75, 3.05) is 14.2 Å². The minimum absolute atomic E-state index is 0.0297. The molecule has 0 amide bonds. The molecule has 128 valence electrons. The third-order valence-corrected chi connectivity index (χ3v) is 3.61. The maximum Gasteiger partial charge on any atom is 0.268 e. The van der Waals surface area contributed by atoms with Crippen LogP contribution < -0.4 is 0 Å². The Morgan fingerprint density at radius 3 is 2.08 bits per heavy atom. The molecule has 1 aromatic heterocycles. The van der Waals surface area contributed by atoms with Gasteiger partial charge in [0.15, 0.2) is 11.6 Å². The molecule has 0 atom stereocenters. The quantitative estimate of drug-likeness (QED) is 0.455. The van der Waals surface area contributed by atoms with Crippen LogP contribution in [0.15, 0.2) is 71.4 Å². The summed E-state index contributed by atoms with van der Waals surface area (Å²) in [6, 6.07) is 11.8. The molecular weight excluding hydrogens is 324 g/mol. The molecule has 7 nitrogen and oxygen atoms in total. The number of ketones is 2. The number of carbonyl (C=O) groups excluding carboxylic acids is 2. The molecule has 1 aliphatic heterocycles. The predicted molar refractivity (Wildman–Crippen MR) is 88.2 cm³/mol. The Morgan fingerprint density at radius 2 is 1.56 bits per heavy atom. The molecule has 7 heteroatoms. The summed E-state index contributed by atoms with van der Waals surface area (Å²) in [5, 5.41) is 2.69. The Bertz CT molecular complexity index is 808. The summed E-state index contributed by atoms with van der Waals surface area (Å²) in [5.41, 5.74) is 0.686. The van der Waals surface area contributed by atoms with Gasteiger partial charge >= 0.3 is 0 Å². The Hall–Kier alpha value is -3.16. The maximum atomic E-state index is 13.0. The topological polar surface area (TPSA) is 72.2 Å². The summed E-state index contributed by atoms with van der Waals surface area (Å²) in [5.74, 6) is -1.24. The normalized spacial score (nSPS) is 13.4. The molecule has 0 bridgehead atoms. The van der Waals surface area contributed by atoms with Crippen LogP contribution in [0, 0.1) is 0 Å². The first-order valence-corrected chi connectivity index (χ1v) is 7.44. The third-order valence-electron chi connectivity index (χ3n) is 3.61. The Balaban J connectivity index is 2.15. The highest BCUT2D eigenvalue weighted by atomic mass is 16.7. The van der Waals surface area contributed by atoms with Crippen LogP contribution in [0.4, 0.5) is 0 Å². The van der Waals surface area contributed by atoms with Crippen LogP contribution in [-0.2, 0) is 14.5 Å². The molecule has 0 radical (unpaired) electrons. The van der Waals surface area contributed by atoms with E-state index in [1.165, 1.54) is 36.7 Å². The Morgan fingerprint density at radius 1 is 0.920 bits per heavy atom. The molecule has 1 aliphatic rings. The van der Waals surface area contributed by atoms with Crippen LogP contribution in [0.2, 0.25) is 0 Å². The number of Topliss-reactive ketones (excluding diaryl/α,β-unsaturated/α-hetero) is 2. The number of allylic oxidation sites excluding steroid dienone is 1. The fourth-order valence-electron chi connectivity index (χ4n) is 2.47. The third kappa shape index (κ3) is 3.10. The van der Waals surface area contributed by atoms with Crippen molar-refractivity contribution in [2.24, 2.45) is 0 Å². The standard InChI is InChI=1S/C18H16N2O5/c1-23-19-10-11-20(24-2)18(19)15(13-7-4-3-5-8-13)17(22)16(21)14-9-6-12-25-14/h3-12H,1-2H3. The molecule has 0 saturated carbocycles. The van der Waals surface area contributed by atoms with Gasteiger partial charge in [0.2, 0.25) is 5.78 Å². The lowest BCUT2D eigenvalue weighted by Gasteiger charge is -2.24. The molecule has 0 spiro atoms. The van der Waals surface area contributed by atoms with Gasteiger partial charge < -0.3 is 4.42 Å². The van der Waals surface area contributed by atoms with E-state index in [9.17, 15) is 9.59 Å². The number of nitrogens with zero attached hydrogens (tertiary/aromatic N) is 2. The van der Waals surface area contributed by atoms with E-state index >= 15 is 0 Å². The summed E-state index contributed by atoms with van der Waals surface area (Å²) in [4.78, 5) is 36.1. The number of rotatable bonds is 6. The van der Waals surface area contributed by atoms with Crippen molar-refractivity contribution in [3.8, 4) is 0 Å². The van der Waals surface area contributed by atoms with Crippen LogP contribution >= 0.6 is 0 Å². The molecule has 3 rings (SSSR count). The van der Waals surface area contributed by atoms with Crippen molar-refractivity contribution in [1.82, 2.24) is 10.1 Å². The molecule has 0 N–H and O–H groups in total. The van der Waals surface area contributed by atoms with Gasteiger partial charge in [-0.3, -0.25) is 19.3 Å². The van der Waals surface area contributed by atoms with Crippen molar-refractivity contribution in [2.45, 2.75) is 0 Å². The van der Waals surface area contributed by atoms with Gasteiger partial charge in [-0.1, -0.05) is 30.3 Å². The summed E-state index contributed by atoms with van der Waals surface area (Å²) < 4.78 is 5.07. The first-order valence-electron chi connectivity index (χ1n) is 7.44. The van der Waals surface area contributed by atoms with E-state index in [0.717, 1.165) is 0 Å². The second kappa shape index (κ2) is 7.16. The number of benzene rings is 1. The summed E-state index contributed by atoms with van der Waals surface area (Å²) in [6.45, 7) is 0. The largest absolute Gasteiger partial charge is 0.461 e. The smallest absolute Gasteiger partial charge is 0.268 e. The number of hydrogen-bond donors (Lipinski definition) is 0. The van der Waals surface area contributed by atoms with Crippen molar-refractivity contribution in [1.29, 1.82) is 0 Å². The van der Waals surface area contributed by atoms with Crippen molar-refractivity contribution < 1.29 is 23.7 Å². The molecular formula is C18H16N2O5. The summed E-state index contributed by atoms with van der Waals surface area (Å²) in [6.07, 6.45) is 4.49. The Labute approximate surface area is 144 Å². The molecule has 0 fully saturated rings. The van der Waals surface area contributed by atoms with E-state index in [2.05, 4.69) is 0 Å². The zero-order valence-corrected chi connectivity index (χ0v) is 13.7. The average molecular weight is 340 g/mol. The molecule has 0 unspecified atom stereocenters. The van der Waals surface area contributed by atoms with Crippen LogP contribution in [0.25, 0.3) is 5.57 Å². The fraction of sp³-hybridized carbons (Fsp3) is 0.111. The maximum absolute atomic E-state index is 13.0. The van der Waals surface area contributed by atoms with Gasteiger partial charge in [0.05, 0.1) is 38.5 Å². The lowest BCUT2D eigenvalue weighted by Crippen LogP contribution is -2.27. The van der Waals surface area contributed by atoms with Crippen molar-refractivity contribution >= 4 is 17.1 Å². The minimum atomic E-state index is -0.754. The molecule has 0 aliphatic carbocycles. The van der Waals surface area contributed by atoms with Crippen molar-refractivity contribution in [3.05, 3.63) is 78.3 Å². The second-order valence-electron chi connectivity index (χ2n) is 5.02. The fourth-order valence-corrected chi connectivity index (χ4v) is 2.47. The van der Waals surface area contributed by atoms with Crippen LogP contribution in [-0.4, -0.2) is 35.9 Å². The average Bonchev–Trinajstić information content (AvgIpc) is 3.32. The second-order valence-corrected chi connectivity index (χ2v) is 5.02.